The molecule has 0 amide bonds. The molecular weight excluding hydrogens is 400 g/mol. The van der Waals surface area contributed by atoms with E-state index in [9.17, 15) is 35.4 Å². The summed E-state index contributed by atoms with van der Waals surface area (Å²) in [5.41, 5.74) is -1.43. The molecule has 1 aromatic carbocycles. The van der Waals surface area contributed by atoms with E-state index in [0.717, 1.165) is 0 Å². The Hall–Kier alpha value is -2.05. The first kappa shape index (κ1) is 22.6. The van der Waals surface area contributed by atoms with Crippen LogP contribution in [-0.4, -0.2) is 79.7 Å². The van der Waals surface area contributed by atoms with Gasteiger partial charge in [0.1, 0.15) is 35.7 Å². The number of rotatable bonds is 6. The number of aliphatic hydroxyl groups excluding tert-OH is 5. The molecular formula is C20H26O10. The Morgan fingerprint density at radius 3 is 2.47 bits per heavy atom. The van der Waals surface area contributed by atoms with Crippen LogP contribution in [0.25, 0.3) is 11.0 Å². The molecule has 30 heavy (non-hydrogen) atoms. The number of ether oxygens (including phenoxy) is 2. The van der Waals surface area contributed by atoms with Gasteiger partial charge in [0, 0.05) is 23.9 Å². The summed E-state index contributed by atoms with van der Waals surface area (Å²) < 4.78 is 16.2. The molecule has 2 heterocycles. The van der Waals surface area contributed by atoms with Crippen molar-refractivity contribution in [3.8, 4) is 5.75 Å². The predicted octanol–water partition coefficient (Wildman–Crippen LogP) is -1.35. The second-order valence-electron chi connectivity index (χ2n) is 7.94. The Morgan fingerprint density at radius 1 is 1.13 bits per heavy atom. The van der Waals surface area contributed by atoms with E-state index in [-0.39, 0.29) is 17.8 Å². The molecule has 2 aromatic rings. The molecule has 0 spiro atoms. The Bertz CT molecular complexity index is 931. The zero-order valence-electron chi connectivity index (χ0n) is 16.5. The summed E-state index contributed by atoms with van der Waals surface area (Å²) in [6.07, 6.45) is -8.69. The molecule has 10 heteroatoms. The maximum Gasteiger partial charge on any atom is 0.336 e. The summed E-state index contributed by atoms with van der Waals surface area (Å²) in [5, 5.41) is 60.4. The smallest absolute Gasteiger partial charge is 0.336 e. The van der Waals surface area contributed by atoms with Crippen molar-refractivity contribution in [1.82, 2.24) is 0 Å². The van der Waals surface area contributed by atoms with Gasteiger partial charge in [-0.25, -0.2) is 4.79 Å². The van der Waals surface area contributed by atoms with Gasteiger partial charge in [-0.3, -0.25) is 0 Å². The largest absolute Gasteiger partial charge is 0.462 e. The first-order valence-corrected chi connectivity index (χ1v) is 9.45. The fraction of sp³-hybridized carbons (Fsp3) is 0.550. The van der Waals surface area contributed by atoms with E-state index in [1.54, 1.807) is 6.07 Å². The average Bonchev–Trinajstić information content (AvgIpc) is 2.68. The topological polar surface area (TPSA) is 170 Å². The minimum absolute atomic E-state index is 0.0503. The molecule has 166 valence electrons. The first-order valence-electron chi connectivity index (χ1n) is 9.45. The lowest BCUT2D eigenvalue weighted by Gasteiger charge is -2.39. The van der Waals surface area contributed by atoms with Crippen LogP contribution >= 0.6 is 0 Å². The number of aliphatic hydroxyl groups is 6. The van der Waals surface area contributed by atoms with Gasteiger partial charge in [0.25, 0.3) is 0 Å². The third-order valence-electron chi connectivity index (χ3n) is 5.12. The lowest BCUT2D eigenvalue weighted by atomic mass is 9.94. The van der Waals surface area contributed by atoms with Gasteiger partial charge in [-0.1, -0.05) is 0 Å². The summed E-state index contributed by atoms with van der Waals surface area (Å²) in [4.78, 5) is 11.6. The quantitative estimate of drug-likeness (QED) is 0.303. The van der Waals surface area contributed by atoms with Crippen molar-refractivity contribution in [1.29, 1.82) is 0 Å². The molecule has 0 saturated carbocycles. The van der Waals surface area contributed by atoms with Gasteiger partial charge < -0.3 is 44.5 Å². The van der Waals surface area contributed by atoms with Crippen molar-refractivity contribution in [2.75, 3.05) is 6.61 Å². The molecule has 1 aromatic heterocycles. The summed E-state index contributed by atoms with van der Waals surface area (Å²) in [5.74, 6) is 0.0597. The highest BCUT2D eigenvalue weighted by Gasteiger charge is 2.45. The van der Waals surface area contributed by atoms with Crippen molar-refractivity contribution in [3.63, 3.8) is 0 Å². The molecule has 1 fully saturated rings. The van der Waals surface area contributed by atoms with E-state index in [1.165, 1.54) is 32.0 Å². The molecule has 6 N–H and O–H groups in total. The van der Waals surface area contributed by atoms with E-state index in [4.69, 9.17) is 13.9 Å². The summed E-state index contributed by atoms with van der Waals surface area (Å²) >= 11 is 0. The lowest BCUT2D eigenvalue weighted by Crippen LogP contribution is -2.60. The molecule has 0 bridgehead atoms. The molecule has 1 aliphatic heterocycles. The van der Waals surface area contributed by atoms with E-state index in [2.05, 4.69) is 0 Å². The van der Waals surface area contributed by atoms with Crippen molar-refractivity contribution in [3.05, 3.63) is 40.2 Å². The van der Waals surface area contributed by atoms with Gasteiger partial charge >= 0.3 is 5.63 Å². The van der Waals surface area contributed by atoms with Crippen LogP contribution in [0.3, 0.4) is 0 Å². The number of benzene rings is 1. The SMILES string of the molecule is CC(C)(O)[C@@H](O)Cc1cc2ccc(=O)oc2cc1O[C@@H]1O[C@H](CO)[C@@H](O)[C@H](O)[C@H]1O. The summed E-state index contributed by atoms with van der Waals surface area (Å²) in [6.45, 7) is 2.26. The number of hydrogen-bond acceptors (Lipinski definition) is 10. The van der Waals surface area contributed by atoms with Crippen LogP contribution in [0.5, 0.6) is 5.75 Å². The lowest BCUT2D eigenvalue weighted by molar-refractivity contribution is -0.277. The molecule has 10 nitrogen and oxygen atoms in total. The van der Waals surface area contributed by atoms with Gasteiger partial charge in [-0.05, 0) is 31.5 Å². The standard InChI is InChI=1S/C20H26O10/c1-20(2,27)14(22)6-10-5-9-3-4-15(23)28-11(9)7-12(10)29-19-18(26)17(25)16(24)13(8-21)30-19/h3-5,7,13-14,16-19,21-22,24-27H,6,8H2,1-2H3/t13-,14+,16-,17+,18-,19-/m1/s1. The monoisotopic (exact) mass is 426 g/mol. The molecule has 0 aliphatic carbocycles. The summed E-state index contributed by atoms with van der Waals surface area (Å²) in [7, 11) is 0. The van der Waals surface area contributed by atoms with Crippen molar-refractivity contribution >= 4 is 11.0 Å². The Balaban J connectivity index is 1.99. The normalized spacial score (nSPS) is 28.5. The van der Waals surface area contributed by atoms with Crippen LogP contribution in [-0.2, 0) is 11.2 Å². The van der Waals surface area contributed by atoms with Gasteiger partial charge in [0.05, 0.1) is 18.3 Å². The molecule has 3 rings (SSSR count). The van der Waals surface area contributed by atoms with Crippen molar-refractivity contribution in [2.45, 2.75) is 62.7 Å². The average molecular weight is 426 g/mol. The third-order valence-corrected chi connectivity index (χ3v) is 5.12. The Labute approximate surface area is 171 Å². The van der Waals surface area contributed by atoms with Gasteiger partial charge in [0.15, 0.2) is 0 Å². The molecule has 0 radical (unpaired) electrons. The van der Waals surface area contributed by atoms with E-state index in [0.29, 0.717) is 10.9 Å². The molecule has 6 atom stereocenters. The van der Waals surface area contributed by atoms with Crippen molar-refractivity contribution in [2.24, 2.45) is 0 Å². The number of fused-ring (bicyclic) bond motifs is 1. The zero-order valence-corrected chi connectivity index (χ0v) is 16.5. The van der Waals surface area contributed by atoms with Gasteiger partial charge in [-0.15, -0.1) is 0 Å². The van der Waals surface area contributed by atoms with E-state index >= 15 is 0 Å². The molecule has 0 unspecified atom stereocenters. The second-order valence-corrected chi connectivity index (χ2v) is 7.94. The molecule has 1 saturated heterocycles. The van der Waals surface area contributed by atoms with Crippen molar-refractivity contribution < 1.29 is 44.5 Å². The maximum atomic E-state index is 11.6. The summed E-state index contributed by atoms with van der Waals surface area (Å²) in [6, 6.07) is 5.71. The highest BCUT2D eigenvalue weighted by atomic mass is 16.7. The second kappa shape index (κ2) is 8.60. The highest BCUT2D eigenvalue weighted by Crippen LogP contribution is 2.31. The number of hydrogen-bond donors (Lipinski definition) is 6. The van der Waals surface area contributed by atoms with Gasteiger partial charge in [0.2, 0.25) is 6.29 Å². The fourth-order valence-electron chi connectivity index (χ4n) is 3.16. The zero-order chi connectivity index (χ0) is 22.2. The minimum Gasteiger partial charge on any atom is -0.462 e. The first-order chi connectivity index (χ1) is 14.0. The highest BCUT2D eigenvalue weighted by molar-refractivity contribution is 5.79. The third kappa shape index (κ3) is 4.65. The van der Waals surface area contributed by atoms with E-state index in [1.807, 2.05) is 0 Å². The minimum atomic E-state index is -1.65. The van der Waals surface area contributed by atoms with Crippen LogP contribution in [0.1, 0.15) is 19.4 Å². The van der Waals surface area contributed by atoms with E-state index < -0.39 is 54.6 Å². The Morgan fingerprint density at radius 2 is 1.83 bits per heavy atom. The van der Waals surface area contributed by atoms with Crippen LogP contribution in [0.4, 0.5) is 0 Å². The van der Waals surface area contributed by atoms with Crippen LogP contribution in [0.15, 0.2) is 33.5 Å². The fourth-order valence-corrected chi connectivity index (χ4v) is 3.16. The van der Waals surface area contributed by atoms with Crippen LogP contribution in [0.2, 0.25) is 0 Å². The van der Waals surface area contributed by atoms with Crippen LogP contribution < -0.4 is 10.4 Å². The van der Waals surface area contributed by atoms with Crippen LogP contribution in [0, 0.1) is 0 Å². The Kier molecular flexibility index (Phi) is 6.48. The maximum absolute atomic E-state index is 11.6. The van der Waals surface area contributed by atoms with Gasteiger partial charge in [-0.2, -0.15) is 0 Å². The molecule has 1 aliphatic rings. The predicted molar refractivity (Wildman–Crippen MR) is 103 cm³/mol.